The van der Waals surface area contributed by atoms with E-state index in [1.807, 2.05) is 37.3 Å². The van der Waals surface area contributed by atoms with Gasteiger partial charge in [0, 0.05) is 37.5 Å². The lowest BCUT2D eigenvalue weighted by molar-refractivity contribution is 0.217. The zero-order valence-electron chi connectivity index (χ0n) is 20.8. The van der Waals surface area contributed by atoms with E-state index in [1.54, 1.807) is 0 Å². The minimum absolute atomic E-state index is 0.702. The molecule has 0 saturated carbocycles. The van der Waals surface area contributed by atoms with E-state index in [1.165, 1.54) is 58.2 Å². The Bertz CT molecular complexity index is 1090. The monoisotopic (exact) mass is 471 g/mol. The summed E-state index contributed by atoms with van der Waals surface area (Å²) >= 11 is 0. The molecule has 7 nitrogen and oxygen atoms in total. The molecule has 2 fully saturated rings. The first-order chi connectivity index (χ1) is 17.2. The van der Waals surface area contributed by atoms with Gasteiger partial charge in [0.1, 0.15) is 11.6 Å². The molecule has 2 aliphatic heterocycles. The van der Waals surface area contributed by atoms with Crippen LogP contribution >= 0.6 is 0 Å². The van der Waals surface area contributed by atoms with Crippen molar-refractivity contribution in [3.8, 4) is 0 Å². The molecule has 7 heteroatoms. The SMILES string of the molecule is Cc1cc(Nc2cc(N3CCC(CN4CCCCCC4)CC3)nc(C=Cc3ccccc3)n2)n[nH]1. The first kappa shape index (κ1) is 23.5. The second kappa shape index (κ2) is 11.5. The zero-order chi connectivity index (χ0) is 23.9. The molecule has 0 atom stereocenters. The number of likely N-dealkylation sites (tertiary alicyclic amines) is 1. The fourth-order valence-corrected chi connectivity index (χ4v) is 5.13. The van der Waals surface area contributed by atoms with E-state index in [4.69, 9.17) is 9.97 Å². The van der Waals surface area contributed by atoms with Crippen molar-refractivity contribution in [1.82, 2.24) is 25.1 Å². The molecule has 35 heavy (non-hydrogen) atoms. The average molecular weight is 472 g/mol. The molecular weight excluding hydrogens is 434 g/mol. The summed E-state index contributed by atoms with van der Waals surface area (Å²) in [4.78, 5) is 14.8. The number of nitrogens with one attached hydrogen (secondary N) is 2. The van der Waals surface area contributed by atoms with Crippen LogP contribution in [0.25, 0.3) is 12.2 Å². The lowest BCUT2D eigenvalue weighted by Gasteiger charge is -2.35. The Morgan fingerprint density at radius 3 is 2.40 bits per heavy atom. The number of rotatable bonds is 7. The molecule has 0 aliphatic carbocycles. The van der Waals surface area contributed by atoms with Gasteiger partial charge in [0.05, 0.1) is 0 Å². The number of aryl methyl sites for hydroxylation is 1. The van der Waals surface area contributed by atoms with Crippen molar-refractivity contribution < 1.29 is 0 Å². The third-order valence-electron chi connectivity index (χ3n) is 7.07. The molecule has 2 aliphatic rings. The summed E-state index contributed by atoms with van der Waals surface area (Å²) < 4.78 is 0. The quantitative estimate of drug-likeness (QED) is 0.473. The van der Waals surface area contributed by atoms with Crippen molar-refractivity contribution in [2.75, 3.05) is 42.9 Å². The van der Waals surface area contributed by atoms with Gasteiger partial charge in [0.2, 0.25) is 0 Å². The number of nitrogens with zero attached hydrogens (tertiary/aromatic N) is 5. The van der Waals surface area contributed by atoms with Crippen molar-refractivity contribution in [3.63, 3.8) is 0 Å². The molecule has 0 spiro atoms. The number of aromatic nitrogens is 4. The number of hydrogen-bond donors (Lipinski definition) is 2. The van der Waals surface area contributed by atoms with E-state index in [9.17, 15) is 0 Å². The second-order valence-electron chi connectivity index (χ2n) is 9.92. The molecule has 2 N–H and O–H groups in total. The highest BCUT2D eigenvalue weighted by Crippen LogP contribution is 2.26. The summed E-state index contributed by atoms with van der Waals surface area (Å²) in [6, 6.07) is 14.3. The van der Waals surface area contributed by atoms with Crippen LogP contribution in [0.2, 0.25) is 0 Å². The van der Waals surface area contributed by atoms with Gasteiger partial charge < -0.3 is 15.1 Å². The van der Waals surface area contributed by atoms with Crippen molar-refractivity contribution in [2.45, 2.75) is 45.4 Å². The minimum atomic E-state index is 0.702. The predicted octanol–water partition coefficient (Wildman–Crippen LogP) is 5.51. The zero-order valence-corrected chi connectivity index (χ0v) is 20.8. The summed E-state index contributed by atoms with van der Waals surface area (Å²) in [7, 11) is 0. The van der Waals surface area contributed by atoms with Crippen LogP contribution in [0.3, 0.4) is 0 Å². The molecule has 0 radical (unpaired) electrons. The Labute approximate surface area is 208 Å². The molecule has 5 rings (SSSR count). The molecule has 3 aromatic rings. The molecule has 4 heterocycles. The van der Waals surface area contributed by atoms with Crippen LogP contribution in [0.5, 0.6) is 0 Å². The van der Waals surface area contributed by atoms with Crippen LogP contribution in [0, 0.1) is 12.8 Å². The standard InChI is InChI=1S/C28H37N7/c1-22-19-27(33-32-22)30-26-20-28(31-25(29-26)12-11-23-9-5-4-6-10-23)35-17-13-24(14-18-35)21-34-15-7-2-3-8-16-34/h4-6,9-12,19-20,24H,2-3,7-8,13-18,21H2,1H3,(H2,29,30,31,32,33). The average Bonchev–Trinajstić information content (AvgIpc) is 3.12. The highest BCUT2D eigenvalue weighted by Gasteiger charge is 2.23. The maximum Gasteiger partial charge on any atom is 0.156 e. The van der Waals surface area contributed by atoms with E-state index in [2.05, 4.69) is 49.6 Å². The number of benzene rings is 1. The molecule has 0 unspecified atom stereocenters. The number of H-pyrrole nitrogens is 1. The van der Waals surface area contributed by atoms with Crippen LogP contribution in [-0.4, -0.2) is 57.8 Å². The smallest absolute Gasteiger partial charge is 0.156 e. The van der Waals surface area contributed by atoms with Gasteiger partial charge in [-0.2, -0.15) is 5.10 Å². The summed E-state index contributed by atoms with van der Waals surface area (Å²) in [5, 5.41) is 10.7. The van der Waals surface area contributed by atoms with E-state index in [0.717, 1.165) is 47.7 Å². The fourth-order valence-electron chi connectivity index (χ4n) is 5.13. The van der Waals surface area contributed by atoms with Crippen LogP contribution in [0.4, 0.5) is 17.5 Å². The molecule has 0 amide bonds. The van der Waals surface area contributed by atoms with Crippen molar-refractivity contribution in [1.29, 1.82) is 0 Å². The van der Waals surface area contributed by atoms with Crippen LogP contribution in [0.15, 0.2) is 42.5 Å². The third kappa shape index (κ3) is 6.69. The van der Waals surface area contributed by atoms with Gasteiger partial charge in [-0.1, -0.05) is 49.2 Å². The lowest BCUT2D eigenvalue weighted by Crippen LogP contribution is -2.39. The van der Waals surface area contributed by atoms with Crippen molar-refractivity contribution in [2.24, 2.45) is 5.92 Å². The van der Waals surface area contributed by atoms with Crippen molar-refractivity contribution >= 4 is 29.6 Å². The lowest BCUT2D eigenvalue weighted by atomic mass is 9.96. The first-order valence-corrected chi connectivity index (χ1v) is 13.1. The maximum atomic E-state index is 4.92. The molecule has 1 aromatic carbocycles. The minimum Gasteiger partial charge on any atom is -0.356 e. The Morgan fingerprint density at radius 2 is 1.69 bits per heavy atom. The first-order valence-electron chi connectivity index (χ1n) is 13.1. The van der Waals surface area contributed by atoms with Crippen LogP contribution in [0.1, 0.15) is 55.6 Å². The Kier molecular flexibility index (Phi) is 7.73. The third-order valence-corrected chi connectivity index (χ3v) is 7.07. The summed E-state index contributed by atoms with van der Waals surface area (Å²) in [6.07, 6.45) is 12.0. The normalized spacial score (nSPS) is 18.1. The maximum absolute atomic E-state index is 4.92. The number of aromatic amines is 1. The molecule has 2 aromatic heterocycles. The second-order valence-corrected chi connectivity index (χ2v) is 9.92. The molecule has 184 valence electrons. The topological polar surface area (TPSA) is 73.0 Å². The van der Waals surface area contributed by atoms with E-state index in [0.29, 0.717) is 5.82 Å². The van der Waals surface area contributed by atoms with Crippen LogP contribution < -0.4 is 10.2 Å². The molecule has 2 saturated heterocycles. The molecule has 0 bridgehead atoms. The number of piperidine rings is 1. The summed E-state index contributed by atoms with van der Waals surface area (Å²) in [6.45, 7) is 7.90. The summed E-state index contributed by atoms with van der Waals surface area (Å²) in [5.74, 6) is 4.00. The number of anilines is 3. The van der Waals surface area contributed by atoms with Gasteiger partial charge in [0.15, 0.2) is 11.6 Å². The van der Waals surface area contributed by atoms with Gasteiger partial charge in [0.25, 0.3) is 0 Å². The summed E-state index contributed by atoms with van der Waals surface area (Å²) in [5.41, 5.74) is 2.14. The highest BCUT2D eigenvalue weighted by molar-refractivity contribution is 5.69. The van der Waals surface area contributed by atoms with Gasteiger partial charge in [-0.15, -0.1) is 0 Å². The van der Waals surface area contributed by atoms with Gasteiger partial charge >= 0.3 is 0 Å². The fraction of sp³-hybridized carbons (Fsp3) is 0.464. The van der Waals surface area contributed by atoms with E-state index < -0.39 is 0 Å². The van der Waals surface area contributed by atoms with Crippen molar-refractivity contribution in [3.05, 3.63) is 59.5 Å². The predicted molar refractivity (Wildman–Crippen MR) is 144 cm³/mol. The van der Waals surface area contributed by atoms with Gasteiger partial charge in [-0.3, -0.25) is 5.10 Å². The Hall–Kier alpha value is -3.19. The van der Waals surface area contributed by atoms with E-state index >= 15 is 0 Å². The largest absolute Gasteiger partial charge is 0.356 e. The van der Waals surface area contributed by atoms with E-state index in [-0.39, 0.29) is 0 Å². The highest BCUT2D eigenvalue weighted by atomic mass is 15.2. The van der Waals surface area contributed by atoms with Crippen LogP contribution in [-0.2, 0) is 0 Å². The molecular formula is C28H37N7. The van der Waals surface area contributed by atoms with Gasteiger partial charge in [-0.25, -0.2) is 9.97 Å². The Morgan fingerprint density at radius 1 is 0.914 bits per heavy atom. The van der Waals surface area contributed by atoms with Gasteiger partial charge in [-0.05, 0) is 63.3 Å². The number of hydrogen-bond acceptors (Lipinski definition) is 6. The Balaban J connectivity index is 1.29.